The van der Waals surface area contributed by atoms with Gasteiger partial charge < -0.3 is 5.32 Å². The van der Waals surface area contributed by atoms with Gasteiger partial charge in [-0.3, -0.25) is 4.68 Å². The zero-order valence-corrected chi connectivity index (χ0v) is 15.4. The second kappa shape index (κ2) is 8.33. The average molecular weight is 356 g/mol. The fraction of sp³-hybridized carbons (Fsp3) is 0.824. The van der Waals surface area contributed by atoms with Crippen LogP contribution in [-0.2, 0) is 19.9 Å². The van der Waals surface area contributed by atoms with E-state index in [1.807, 2.05) is 0 Å². The quantitative estimate of drug-likeness (QED) is 0.746. The van der Waals surface area contributed by atoms with Crippen LogP contribution in [0.5, 0.6) is 0 Å². The van der Waals surface area contributed by atoms with Crippen molar-refractivity contribution in [2.24, 2.45) is 18.9 Å². The molecule has 0 saturated heterocycles. The number of aryl methyl sites for hydroxylation is 2. The lowest BCUT2D eigenvalue weighted by atomic mass is 9.77. The fourth-order valence-corrected chi connectivity index (χ4v) is 4.35. The maximum absolute atomic E-state index is 4.65. The molecular weight excluding hydrogens is 326 g/mol. The summed E-state index contributed by atoms with van der Waals surface area (Å²) in [5.74, 6) is 1.64. The van der Waals surface area contributed by atoms with Crippen LogP contribution in [-0.4, -0.2) is 22.9 Å². The monoisotopic (exact) mass is 355 g/mol. The van der Waals surface area contributed by atoms with Crippen LogP contribution >= 0.6 is 15.9 Å². The first-order valence-corrected chi connectivity index (χ1v) is 9.37. The molecule has 0 radical (unpaired) electrons. The topological polar surface area (TPSA) is 29.9 Å². The second-order valence-electron chi connectivity index (χ2n) is 6.40. The van der Waals surface area contributed by atoms with Gasteiger partial charge in [0, 0.05) is 7.05 Å². The van der Waals surface area contributed by atoms with Gasteiger partial charge in [0.05, 0.1) is 15.9 Å². The van der Waals surface area contributed by atoms with Crippen LogP contribution in [0, 0.1) is 11.8 Å². The molecular formula is C17H30BrN3. The van der Waals surface area contributed by atoms with Crippen LogP contribution < -0.4 is 5.32 Å². The Labute approximate surface area is 138 Å². The van der Waals surface area contributed by atoms with E-state index in [9.17, 15) is 0 Å². The van der Waals surface area contributed by atoms with E-state index in [1.165, 1.54) is 60.9 Å². The lowest BCUT2D eigenvalue weighted by molar-refractivity contribution is 0.225. The second-order valence-corrected chi connectivity index (χ2v) is 7.19. The van der Waals surface area contributed by atoms with E-state index in [0.717, 1.165) is 24.8 Å². The van der Waals surface area contributed by atoms with E-state index in [0.29, 0.717) is 0 Å². The highest BCUT2D eigenvalue weighted by Gasteiger charge is 2.27. The van der Waals surface area contributed by atoms with Gasteiger partial charge in [0.25, 0.3) is 0 Å². The van der Waals surface area contributed by atoms with Gasteiger partial charge in [0.1, 0.15) is 0 Å². The fourth-order valence-electron chi connectivity index (χ4n) is 3.58. The van der Waals surface area contributed by atoms with E-state index in [1.54, 1.807) is 0 Å². The highest BCUT2D eigenvalue weighted by Crippen LogP contribution is 2.34. The van der Waals surface area contributed by atoms with Crippen LogP contribution in [0.2, 0.25) is 0 Å². The Morgan fingerprint density at radius 1 is 1.24 bits per heavy atom. The van der Waals surface area contributed by atoms with Crippen molar-refractivity contribution in [3.05, 3.63) is 15.9 Å². The van der Waals surface area contributed by atoms with Gasteiger partial charge in [0.15, 0.2) is 0 Å². The number of hydrogen-bond acceptors (Lipinski definition) is 2. The van der Waals surface area contributed by atoms with Crippen molar-refractivity contribution in [2.75, 3.05) is 13.1 Å². The van der Waals surface area contributed by atoms with Gasteiger partial charge in [-0.05, 0) is 73.0 Å². The summed E-state index contributed by atoms with van der Waals surface area (Å²) < 4.78 is 3.34. The van der Waals surface area contributed by atoms with Crippen LogP contribution in [0.3, 0.4) is 0 Å². The van der Waals surface area contributed by atoms with Crippen molar-refractivity contribution < 1.29 is 0 Å². The Kier molecular flexibility index (Phi) is 6.74. The molecule has 1 fully saturated rings. The van der Waals surface area contributed by atoms with Crippen molar-refractivity contribution in [1.29, 1.82) is 0 Å². The molecule has 2 atom stereocenters. The molecule has 4 heteroatoms. The predicted octanol–water partition coefficient (Wildman–Crippen LogP) is 4.09. The third kappa shape index (κ3) is 4.32. The maximum atomic E-state index is 4.65. The van der Waals surface area contributed by atoms with E-state index in [4.69, 9.17) is 0 Å². The van der Waals surface area contributed by atoms with E-state index in [2.05, 4.69) is 51.9 Å². The molecule has 21 heavy (non-hydrogen) atoms. The normalized spacial score (nSPS) is 22.7. The van der Waals surface area contributed by atoms with Gasteiger partial charge >= 0.3 is 0 Å². The first-order valence-electron chi connectivity index (χ1n) is 8.58. The minimum atomic E-state index is 0.805. The third-order valence-electron chi connectivity index (χ3n) is 4.86. The first-order chi connectivity index (χ1) is 10.2. The Bertz CT molecular complexity index is 441. The van der Waals surface area contributed by atoms with Gasteiger partial charge in [-0.25, -0.2) is 0 Å². The van der Waals surface area contributed by atoms with Gasteiger partial charge in [-0.1, -0.05) is 26.7 Å². The molecule has 1 saturated carbocycles. The number of hydrogen-bond donors (Lipinski definition) is 1. The van der Waals surface area contributed by atoms with Crippen LogP contribution in [0.25, 0.3) is 0 Å². The molecule has 2 rings (SSSR count). The number of rotatable bonds is 7. The zero-order valence-electron chi connectivity index (χ0n) is 13.8. The molecule has 0 aromatic carbocycles. The van der Waals surface area contributed by atoms with Gasteiger partial charge in [-0.15, -0.1) is 0 Å². The number of nitrogens with zero attached hydrogens (tertiary/aromatic N) is 2. The Balaban J connectivity index is 2.03. The summed E-state index contributed by atoms with van der Waals surface area (Å²) in [5, 5.41) is 8.28. The highest BCUT2D eigenvalue weighted by atomic mass is 79.9. The summed E-state index contributed by atoms with van der Waals surface area (Å²) in [6.45, 7) is 6.76. The summed E-state index contributed by atoms with van der Waals surface area (Å²) in [5.41, 5.74) is 2.59. The first kappa shape index (κ1) is 17.0. The minimum absolute atomic E-state index is 0.805. The smallest absolute Gasteiger partial charge is 0.0766 e. The van der Waals surface area contributed by atoms with Crippen molar-refractivity contribution in [3.8, 4) is 0 Å². The number of nitrogens with one attached hydrogen (secondary N) is 1. The zero-order chi connectivity index (χ0) is 15.2. The minimum Gasteiger partial charge on any atom is -0.316 e. The molecule has 1 aliphatic rings. The summed E-state index contributed by atoms with van der Waals surface area (Å²) in [6.07, 6.45) is 8.95. The molecule has 0 bridgehead atoms. The van der Waals surface area contributed by atoms with Crippen molar-refractivity contribution in [2.45, 2.75) is 58.8 Å². The molecule has 3 nitrogen and oxygen atoms in total. The SMILES string of the molecule is CCCNCC1CCCCC1Cc1c(Br)c(CC)nn1C. The van der Waals surface area contributed by atoms with Crippen molar-refractivity contribution in [3.63, 3.8) is 0 Å². The van der Waals surface area contributed by atoms with E-state index in [-0.39, 0.29) is 0 Å². The summed E-state index contributed by atoms with van der Waals surface area (Å²) >= 11 is 3.77. The van der Waals surface area contributed by atoms with Gasteiger partial charge in [-0.2, -0.15) is 5.10 Å². The van der Waals surface area contributed by atoms with E-state index >= 15 is 0 Å². The third-order valence-corrected chi connectivity index (χ3v) is 5.77. The molecule has 1 aliphatic carbocycles. The highest BCUT2D eigenvalue weighted by molar-refractivity contribution is 9.10. The summed E-state index contributed by atoms with van der Waals surface area (Å²) in [7, 11) is 2.09. The molecule has 2 unspecified atom stereocenters. The maximum Gasteiger partial charge on any atom is 0.0766 e. The molecule has 0 spiro atoms. The van der Waals surface area contributed by atoms with E-state index < -0.39 is 0 Å². The van der Waals surface area contributed by atoms with Crippen molar-refractivity contribution in [1.82, 2.24) is 15.1 Å². The lowest BCUT2D eigenvalue weighted by Crippen LogP contribution is -2.32. The molecule has 1 aromatic rings. The molecule has 1 aromatic heterocycles. The summed E-state index contributed by atoms with van der Waals surface area (Å²) in [6, 6.07) is 0. The summed E-state index contributed by atoms with van der Waals surface area (Å²) in [4.78, 5) is 0. The Hall–Kier alpha value is -0.350. The van der Waals surface area contributed by atoms with Crippen LogP contribution in [0.15, 0.2) is 4.47 Å². The van der Waals surface area contributed by atoms with Gasteiger partial charge in [0.2, 0.25) is 0 Å². The molecule has 1 heterocycles. The number of aromatic nitrogens is 2. The Morgan fingerprint density at radius 3 is 2.57 bits per heavy atom. The molecule has 0 aliphatic heterocycles. The van der Waals surface area contributed by atoms with Crippen LogP contribution in [0.1, 0.15) is 57.3 Å². The predicted molar refractivity (Wildman–Crippen MR) is 92.6 cm³/mol. The molecule has 1 N–H and O–H groups in total. The van der Waals surface area contributed by atoms with Crippen LogP contribution in [0.4, 0.5) is 0 Å². The molecule has 0 amide bonds. The number of halogens is 1. The molecule has 120 valence electrons. The van der Waals surface area contributed by atoms with Crippen molar-refractivity contribution >= 4 is 15.9 Å². The Morgan fingerprint density at radius 2 is 1.95 bits per heavy atom. The largest absolute Gasteiger partial charge is 0.316 e. The lowest BCUT2D eigenvalue weighted by Gasteiger charge is -2.32. The standard InChI is InChI=1S/C17H30BrN3/c1-4-10-19-12-14-9-7-6-8-13(14)11-16-17(18)15(5-2)20-21(16)3/h13-14,19H,4-12H2,1-3H3. The average Bonchev–Trinajstić information content (AvgIpc) is 2.76.